The van der Waals surface area contributed by atoms with Crippen LogP contribution in [0.4, 0.5) is 8.78 Å². The number of halogens is 2. The van der Waals surface area contributed by atoms with Crippen LogP contribution in [0.3, 0.4) is 0 Å². The molecular formula is C24H26F2N2OS. The lowest BCUT2D eigenvalue weighted by Gasteiger charge is -2.39. The number of hydrogen-bond acceptors (Lipinski definition) is 3. The van der Waals surface area contributed by atoms with Gasteiger partial charge in [0.15, 0.2) is 0 Å². The lowest BCUT2D eigenvalue weighted by Crippen LogP contribution is -2.51. The van der Waals surface area contributed by atoms with Crippen LogP contribution in [0.1, 0.15) is 43.6 Å². The summed E-state index contributed by atoms with van der Waals surface area (Å²) in [6, 6.07) is 12.4. The van der Waals surface area contributed by atoms with E-state index >= 15 is 0 Å². The quantitative estimate of drug-likeness (QED) is 0.671. The highest BCUT2D eigenvalue weighted by molar-refractivity contribution is 7.96. The van der Waals surface area contributed by atoms with E-state index in [9.17, 15) is 13.6 Å². The van der Waals surface area contributed by atoms with E-state index in [1.54, 1.807) is 24.1 Å². The number of rotatable bonds is 5. The molecule has 6 heteroatoms. The van der Waals surface area contributed by atoms with Crippen molar-refractivity contribution in [3.63, 3.8) is 0 Å². The molecule has 1 amide bonds. The maximum atomic E-state index is 14.4. The van der Waals surface area contributed by atoms with Crippen molar-refractivity contribution < 1.29 is 13.6 Å². The average Bonchev–Trinajstić information content (AvgIpc) is 3.48. The summed E-state index contributed by atoms with van der Waals surface area (Å²) in [5.41, 5.74) is 1.46. The van der Waals surface area contributed by atoms with E-state index in [2.05, 4.69) is 9.62 Å². The van der Waals surface area contributed by atoms with E-state index < -0.39 is 11.6 Å². The van der Waals surface area contributed by atoms with Gasteiger partial charge in [-0.2, -0.15) is 0 Å². The van der Waals surface area contributed by atoms with Gasteiger partial charge in [0.05, 0.1) is 5.56 Å². The van der Waals surface area contributed by atoms with Gasteiger partial charge in [-0.15, -0.1) is 0 Å². The highest BCUT2D eigenvalue weighted by atomic mass is 32.2. The third-order valence-electron chi connectivity index (χ3n) is 6.97. The molecule has 4 unspecified atom stereocenters. The zero-order valence-corrected chi connectivity index (χ0v) is 17.8. The van der Waals surface area contributed by atoms with Gasteiger partial charge in [-0.1, -0.05) is 42.3 Å². The summed E-state index contributed by atoms with van der Waals surface area (Å²) in [6.07, 6.45) is 6.99. The van der Waals surface area contributed by atoms with Crippen LogP contribution in [-0.2, 0) is 4.79 Å². The zero-order chi connectivity index (χ0) is 20.8. The van der Waals surface area contributed by atoms with E-state index in [-0.39, 0.29) is 23.3 Å². The Bertz CT molecular complexity index is 934. The monoisotopic (exact) mass is 428 g/mol. The number of benzene rings is 2. The average molecular weight is 429 g/mol. The van der Waals surface area contributed by atoms with Crippen molar-refractivity contribution in [3.05, 3.63) is 59.7 Å². The predicted molar refractivity (Wildman–Crippen MR) is 116 cm³/mol. The fourth-order valence-corrected chi connectivity index (χ4v) is 6.13. The topological polar surface area (TPSA) is 32.3 Å². The van der Waals surface area contributed by atoms with Gasteiger partial charge < -0.3 is 4.90 Å². The van der Waals surface area contributed by atoms with Gasteiger partial charge in [-0.25, -0.2) is 8.78 Å². The molecule has 2 saturated heterocycles. The van der Waals surface area contributed by atoms with Gasteiger partial charge in [0.25, 0.3) is 0 Å². The van der Waals surface area contributed by atoms with E-state index in [0.29, 0.717) is 23.7 Å². The van der Waals surface area contributed by atoms with E-state index in [1.165, 1.54) is 18.2 Å². The summed E-state index contributed by atoms with van der Waals surface area (Å²) in [5, 5.41) is 0. The molecule has 3 aliphatic rings. The van der Waals surface area contributed by atoms with Crippen molar-refractivity contribution in [3.8, 4) is 11.1 Å². The van der Waals surface area contributed by atoms with Crippen LogP contribution in [0, 0.1) is 17.6 Å². The summed E-state index contributed by atoms with van der Waals surface area (Å²) in [7, 11) is 0. The predicted octanol–water partition coefficient (Wildman–Crippen LogP) is 5.12. The lowest BCUT2D eigenvalue weighted by molar-refractivity contribution is -0.137. The molecule has 2 aliphatic heterocycles. The summed E-state index contributed by atoms with van der Waals surface area (Å²) < 4.78 is 32.3. The second-order valence-corrected chi connectivity index (χ2v) is 9.40. The highest BCUT2D eigenvalue weighted by Gasteiger charge is 2.52. The number of piperidine rings is 1. The molecule has 2 heterocycles. The smallest absolute Gasteiger partial charge is 0.226 e. The van der Waals surface area contributed by atoms with Gasteiger partial charge in [0.1, 0.15) is 11.6 Å². The van der Waals surface area contributed by atoms with Gasteiger partial charge in [-0.3, -0.25) is 9.52 Å². The molecule has 2 aromatic rings. The van der Waals surface area contributed by atoms with Gasteiger partial charge in [0.2, 0.25) is 5.91 Å². The minimum atomic E-state index is -0.563. The van der Waals surface area contributed by atoms with E-state index in [4.69, 9.17) is 0 Å². The fraction of sp³-hybridized carbons (Fsp3) is 0.458. The fourth-order valence-electron chi connectivity index (χ4n) is 5.61. The Kier molecular flexibility index (Phi) is 5.31. The Morgan fingerprint density at radius 1 is 1.00 bits per heavy atom. The molecule has 0 spiro atoms. The van der Waals surface area contributed by atoms with Crippen LogP contribution < -0.4 is 4.72 Å². The van der Waals surface area contributed by atoms with Crippen LogP contribution in [0.5, 0.6) is 0 Å². The first kappa shape index (κ1) is 20.0. The first-order valence-electron chi connectivity index (χ1n) is 10.7. The van der Waals surface area contributed by atoms with Gasteiger partial charge in [0, 0.05) is 24.0 Å². The molecule has 0 aromatic heterocycles. The molecule has 3 fully saturated rings. The van der Waals surface area contributed by atoms with Crippen molar-refractivity contribution in [1.29, 1.82) is 0 Å². The van der Waals surface area contributed by atoms with E-state index in [1.807, 2.05) is 18.4 Å². The van der Waals surface area contributed by atoms with Gasteiger partial charge in [-0.05, 0) is 67.5 Å². The Morgan fingerprint density at radius 2 is 1.67 bits per heavy atom. The highest BCUT2D eigenvalue weighted by Crippen LogP contribution is 2.53. The first-order chi connectivity index (χ1) is 14.6. The standard InChI is InChI=1S/C24H26F2N2OS/c1-30-27-14-11-15-9-10-16(12-14)28(15)24(29)20-13-19(20)17-5-2-3-6-18(17)23-21(25)7-4-8-22(23)26/h2-8,14-16,19-20,27H,9-13H2,1H3. The number of nitrogens with zero attached hydrogens (tertiary/aromatic N) is 1. The molecule has 158 valence electrons. The number of carbonyl (C=O) groups is 1. The minimum absolute atomic E-state index is 0.00947. The molecule has 1 aliphatic carbocycles. The molecule has 2 aromatic carbocycles. The molecule has 3 nitrogen and oxygen atoms in total. The maximum Gasteiger partial charge on any atom is 0.226 e. The summed E-state index contributed by atoms with van der Waals surface area (Å²) in [6.45, 7) is 0. The number of fused-ring (bicyclic) bond motifs is 2. The zero-order valence-electron chi connectivity index (χ0n) is 17.0. The SMILES string of the molecule is CSNC1CC2CCC(C1)N2C(=O)C1CC1c1ccccc1-c1c(F)cccc1F. The third-order valence-corrected chi connectivity index (χ3v) is 7.54. The molecule has 4 atom stereocenters. The number of carbonyl (C=O) groups excluding carboxylic acids is 1. The Labute approximate surface area is 180 Å². The minimum Gasteiger partial charge on any atom is -0.336 e. The second kappa shape index (κ2) is 7.97. The van der Waals surface area contributed by atoms with Crippen LogP contribution in [-0.4, -0.2) is 35.2 Å². The second-order valence-electron chi connectivity index (χ2n) is 8.75. The third kappa shape index (κ3) is 3.44. The van der Waals surface area contributed by atoms with Crippen LogP contribution in [0.15, 0.2) is 42.5 Å². The Morgan fingerprint density at radius 3 is 2.33 bits per heavy atom. The molecule has 5 rings (SSSR count). The summed E-state index contributed by atoms with van der Waals surface area (Å²) in [5.74, 6) is -0.929. The number of nitrogens with one attached hydrogen (secondary N) is 1. The lowest BCUT2D eigenvalue weighted by atomic mass is 9.94. The summed E-state index contributed by atoms with van der Waals surface area (Å²) in [4.78, 5) is 15.6. The van der Waals surface area contributed by atoms with Crippen LogP contribution >= 0.6 is 11.9 Å². The normalized spacial score (nSPS) is 29.8. The van der Waals surface area contributed by atoms with Crippen LogP contribution in [0.2, 0.25) is 0 Å². The first-order valence-corrected chi connectivity index (χ1v) is 11.9. The molecular weight excluding hydrogens is 402 g/mol. The van der Waals surface area contributed by atoms with Crippen molar-refractivity contribution in [2.24, 2.45) is 5.92 Å². The molecule has 1 N–H and O–H groups in total. The molecule has 30 heavy (non-hydrogen) atoms. The van der Waals surface area contributed by atoms with Crippen molar-refractivity contribution >= 4 is 17.9 Å². The summed E-state index contributed by atoms with van der Waals surface area (Å²) >= 11 is 1.65. The van der Waals surface area contributed by atoms with Crippen molar-refractivity contribution in [1.82, 2.24) is 9.62 Å². The molecule has 2 bridgehead atoms. The Balaban J connectivity index is 1.37. The van der Waals surface area contributed by atoms with Gasteiger partial charge >= 0.3 is 0 Å². The van der Waals surface area contributed by atoms with Crippen LogP contribution in [0.25, 0.3) is 11.1 Å². The molecule has 0 radical (unpaired) electrons. The van der Waals surface area contributed by atoms with Crippen molar-refractivity contribution in [2.45, 2.75) is 56.1 Å². The Hall–Kier alpha value is -1.92. The largest absolute Gasteiger partial charge is 0.336 e. The number of amides is 1. The van der Waals surface area contributed by atoms with Crippen molar-refractivity contribution in [2.75, 3.05) is 6.26 Å². The maximum absolute atomic E-state index is 14.4. The molecule has 1 saturated carbocycles. The van der Waals surface area contributed by atoms with E-state index in [0.717, 1.165) is 37.7 Å². The number of hydrogen-bond donors (Lipinski definition) is 1.